The molecule has 0 aliphatic rings. The lowest BCUT2D eigenvalue weighted by molar-refractivity contribution is 0.341. The molecule has 0 atom stereocenters. The summed E-state index contributed by atoms with van der Waals surface area (Å²) in [5, 5.41) is 4.55. The Labute approximate surface area is 131 Å². The molecule has 0 aliphatic carbocycles. The summed E-state index contributed by atoms with van der Waals surface area (Å²) in [6.07, 6.45) is 0. The third-order valence-electron chi connectivity index (χ3n) is 3.09. The number of hydrogen-bond acceptors (Lipinski definition) is 4. The predicted octanol–water partition coefficient (Wildman–Crippen LogP) is 4.41. The molecule has 0 aliphatic heterocycles. The maximum Gasteiger partial charge on any atom is 0.129 e. The van der Waals surface area contributed by atoms with Gasteiger partial charge in [-0.15, -0.1) is 11.3 Å². The molecule has 0 saturated heterocycles. The molecule has 21 heavy (non-hydrogen) atoms. The summed E-state index contributed by atoms with van der Waals surface area (Å²) in [5.41, 5.74) is 2.28. The van der Waals surface area contributed by atoms with Crippen LogP contribution in [-0.2, 0) is 6.54 Å². The smallest absolute Gasteiger partial charge is 0.129 e. The molecule has 1 heterocycles. The Kier molecular flexibility index (Phi) is 5.01. The van der Waals surface area contributed by atoms with E-state index in [1.807, 2.05) is 25.1 Å². The van der Waals surface area contributed by atoms with Gasteiger partial charge in [0.15, 0.2) is 0 Å². The van der Waals surface area contributed by atoms with Crippen LogP contribution in [0.1, 0.15) is 38.3 Å². The van der Waals surface area contributed by atoms with Crippen molar-refractivity contribution in [2.24, 2.45) is 0 Å². The van der Waals surface area contributed by atoms with Crippen LogP contribution in [0.25, 0.3) is 10.6 Å². The molecule has 0 spiro atoms. The second kappa shape index (κ2) is 6.58. The van der Waals surface area contributed by atoms with Crippen LogP contribution in [0.15, 0.2) is 24.3 Å². The number of rotatable bonds is 5. The van der Waals surface area contributed by atoms with E-state index < -0.39 is 0 Å². The number of hydrogen-bond donors (Lipinski definition) is 1. The fourth-order valence-corrected chi connectivity index (χ4v) is 3.01. The van der Waals surface area contributed by atoms with Crippen LogP contribution < -0.4 is 10.1 Å². The van der Waals surface area contributed by atoms with Crippen LogP contribution in [-0.4, -0.2) is 17.1 Å². The van der Waals surface area contributed by atoms with Crippen LogP contribution >= 0.6 is 11.3 Å². The normalized spacial score (nSPS) is 11.7. The minimum Gasteiger partial charge on any atom is -0.493 e. The Bertz CT molecular complexity index is 599. The van der Waals surface area contributed by atoms with Gasteiger partial charge >= 0.3 is 0 Å². The number of thiazole rings is 1. The molecule has 0 fully saturated rings. The lowest BCUT2D eigenvalue weighted by atomic mass is 10.1. The molecular formula is C17H24N2OS. The fourth-order valence-electron chi connectivity index (χ4n) is 1.98. The van der Waals surface area contributed by atoms with Gasteiger partial charge in [0.05, 0.1) is 17.9 Å². The summed E-state index contributed by atoms with van der Waals surface area (Å²) in [5.74, 6) is 0.907. The van der Waals surface area contributed by atoms with E-state index in [0.29, 0.717) is 6.61 Å². The number of nitrogens with zero attached hydrogens (tertiary/aromatic N) is 1. The van der Waals surface area contributed by atoms with Crippen LogP contribution in [0.2, 0.25) is 0 Å². The zero-order valence-corrected chi connectivity index (χ0v) is 14.3. The Hall–Kier alpha value is -1.39. The summed E-state index contributed by atoms with van der Waals surface area (Å²) in [7, 11) is 0. The van der Waals surface area contributed by atoms with Gasteiger partial charge < -0.3 is 10.1 Å². The van der Waals surface area contributed by atoms with E-state index in [1.54, 1.807) is 11.3 Å². The minimum atomic E-state index is 0.111. The molecule has 0 radical (unpaired) electrons. The van der Waals surface area contributed by atoms with Gasteiger partial charge in [0.25, 0.3) is 0 Å². The van der Waals surface area contributed by atoms with Crippen LogP contribution in [0.5, 0.6) is 5.75 Å². The summed E-state index contributed by atoms with van der Waals surface area (Å²) >= 11 is 1.74. The molecule has 1 aromatic heterocycles. The fraction of sp³-hybridized carbons (Fsp3) is 0.471. The van der Waals surface area contributed by atoms with E-state index in [9.17, 15) is 0 Å². The molecule has 0 saturated carbocycles. The zero-order valence-electron chi connectivity index (χ0n) is 13.5. The van der Waals surface area contributed by atoms with Gasteiger partial charge in [0.2, 0.25) is 0 Å². The van der Waals surface area contributed by atoms with Gasteiger partial charge in [-0.3, -0.25) is 0 Å². The van der Waals surface area contributed by atoms with E-state index in [4.69, 9.17) is 9.72 Å². The summed E-state index contributed by atoms with van der Waals surface area (Å²) < 4.78 is 5.71. The van der Waals surface area contributed by atoms with E-state index in [0.717, 1.165) is 28.6 Å². The first kappa shape index (κ1) is 16.0. The molecule has 0 amide bonds. The lowest BCUT2D eigenvalue weighted by Gasteiger charge is -2.19. The Morgan fingerprint density at radius 2 is 1.95 bits per heavy atom. The van der Waals surface area contributed by atoms with Crippen molar-refractivity contribution in [3.63, 3.8) is 0 Å². The van der Waals surface area contributed by atoms with Crippen molar-refractivity contribution in [2.45, 2.75) is 46.7 Å². The summed E-state index contributed by atoms with van der Waals surface area (Å²) in [6.45, 7) is 12.1. The Morgan fingerprint density at radius 1 is 1.24 bits per heavy atom. The van der Waals surface area contributed by atoms with Crippen molar-refractivity contribution < 1.29 is 4.74 Å². The Balaban J connectivity index is 2.26. The van der Waals surface area contributed by atoms with Crippen molar-refractivity contribution in [2.75, 3.05) is 6.61 Å². The second-order valence-corrected chi connectivity index (χ2v) is 7.14. The van der Waals surface area contributed by atoms with E-state index in [-0.39, 0.29) is 5.54 Å². The molecule has 0 bridgehead atoms. The molecule has 1 N–H and O–H groups in total. The molecule has 2 aromatic rings. The monoisotopic (exact) mass is 304 g/mol. The number of benzene rings is 1. The second-order valence-electron chi connectivity index (χ2n) is 6.06. The van der Waals surface area contributed by atoms with Gasteiger partial charge in [-0.25, -0.2) is 4.98 Å². The first-order valence-electron chi connectivity index (χ1n) is 7.34. The molecule has 114 valence electrons. The largest absolute Gasteiger partial charge is 0.493 e. The quantitative estimate of drug-likeness (QED) is 0.888. The molecule has 3 nitrogen and oxygen atoms in total. The van der Waals surface area contributed by atoms with Crippen molar-refractivity contribution >= 4 is 11.3 Å². The number of aromatic nitrogens is 1. The lowest BCUT2D eigenvalue weighted by Crippen LogP contribution is -2.34. The predicted molar refractivity (Wildman–Crippen MR) is 90.0 cm³/mol. The third kappa shape index (κ3) is 4.29. The number of aryl methyl sites for hydroxylation is 1. The van der Waals surface area contributed by atoms with Gasteiger partial charge in [0.1, 0.15) is 10.8 Å². The molecule has 2 rings (SSSR count). The standard InChI is InChI=1S/C17H24N2OS/c1-6-20-14-10-8-7-9-13(14)16-19-12(2)15(21-16)11-18-17(3,4)5/h7-10,18H,6,11H2,1-5H3. The van der Waals surface area contributed by atoms with Crippen LogP contribution in [0.4, 0.5) is 0 Å². The molecular weight excluding hydrogens is 280 g/mol. The number of ether oxygens (including phenoxy) is 1. The maximum absolute atomic E-state index is 5.71. The highest BCUT2D eigenvalue weighted by molar-refractivity contribution is 7.15. The van der Waals surface area contributed by atoms with Gasteiger partial charge in [-0.2, -0.15) is 0 Å². The maximum atomic E-state index is 5.71. The van der Waals surface area contributed by atoms with E-state index >= 15 is 0 Å². The zero-order chi connectivity index (χ0) is 15.5. The van der Waals surface area contributed by atoms with Gasteiger partial charge in [-0.05, 0) is 46.8 Å². The number of nitrogens with one attached hydrogen (secondary N) is 1. The third-order valence-corrected chi connectivity index (χ3v) is 4.28. The summed E-state index contributed by atoms with van der Waals surface area (Å²) in [4.78, 5) is 6.01. The summed E-state index contributed by atoms with van der Waals surface area (Å²) in [6, 6.07) is 8.10. The van der Waals surface area contributed by atoms with Crippen LogP contribution in [0.3, 0.4) is 0 Å². The van der Waals surface area contributed by atoms with E-state index in [2.05, 4.69) is 39.1 Å². The van der Waals surface area contributed by atoms with Crippen molar-refractivity contribution in [3.8, 4) is 16.3 Å². The SMILES string of the molecule is CCOc1ccccc1-c1nc(C)c(CNC(C)(C)C)s1. The highest BCUT2D eigenvalue weighted by Crippen LogP contribution is 2.34. The highest BCUT2D eigenvalue weighted by Gasteiger charge is 2.15. The molecule has 0 unspecified atom stereocenters. The van der Waals surface area contributed by atoms with Crippen LogP contribution in [0, 0.1) is 6.92 Å². The Morgan fingerprint density at radius 3 is 2.62 bits per heavy atom. The van der Waals surface area contributed by atoms with Crippen molar-refractivity contribution in [1.82, 2.24) is 10.3 Å². The first-order chi connectivity index (χ1) is 9.90. The van der Waals surface area contributed by atoms with E-state index in [1.165, 1.54) is 4.88 Å². The molecule has 1 aromatic carbocycles. The number of para-hydroxylation sites is 1. The molecule has 4 heteroatoms. The average molecular weight is 304 g/mol. The minimum absolute atomic E-state index is 0.111. The topological polar surface area (TPSA) is 34.1 Å². The van der Waals surface area contributed by atoms with Gasteiger partial charge in [-0.1, -0.05) is 12.1 Å². The highest BCUT2D eigenvalue weighted by atomic mass is 32.1. The van der Waals surface area contributed by atoms with Crippen molar-refractivity contribution in [3.05, 3.63) is 34.8 Å². The average Bonchev–Trinajstić information content (AvgIpc) is 2.78. The van der Waals surface area contributed by atoms with Crippen molar-refractivity contribution in [1.29, 1.82) is 0 Å². The first-order valence-corrected chi connectivity index (χ1v) is 8.16. The van der Waals surface area contributed by atoms with Gasteiger partial charge in [0, 0.05) is 17.0 Å².